The predicted molar refractivity (Wildman–Crippen MR) is 132 cm³/mol. The number of carbonyl (C=O) groups is 2. The second-order valence-electron chi connectivity index (χ2n) is 8.04. The first-order valence-electron chi connectivity index (χ1n) is 11.5. The number of benzene rings is 2. The van der Waals surface area contributed by atoms with Gasteiger partial charge >= 0.3 is 0 Å². The van der Waals surface area contributed by atoms with Crippen LogP contribution in [0.15, 0.2) is 47.4 Å². The van der Waals surface area contributed by atoms with Crippen molar-refractivity contribution < 1.29 is 22.7 Å². The summed E-state index contributed by atoms with van der Waals surface area (Å²) < 4.78 is 33.0. The molecule has 0 aromatic heterocycles. The van der Waals surface area contributed by atoms with Gasteiger partial charge in [0, 0.05) is 31.7 Å². The molecule has 3 rings (SSSR count). The van der Waals surface area contributed by atoms with E-state index in [0.717, 1.165) is 38.0 Å². The number of piperidine rings is 1. The van der Waals surface area contributed by atoms with Gasteiger partial charge in [-0.3, -0.25) is 9.59 Å². The number of carbonyl (C=O) groups excluding carboxylic acids is 2. The summed E-state index contributed by atoms with van der Waals surface area (Å²) in [5.74, 6) is -0.701. The molecule has 184 valence electrons. The third-order valence-corrected chi connectivity index (χ3v) is 7.82. The molecule has 2 aromatic carbocycles. The smallest absolute Gasteiger partial charge is 0.262 e. The van der Waals surface area contributed by atoms with Gasteiger partial charge in [-0.25, -0.2) is 8.42 Å². The van der Waals surface area contributed by atoms with Gasteiger partial charge in [-0.15, -0.1) is 0 Å². The van der Waals surface area contributed by atoms with Crippen LogP contribution < -0.4 is 20.7 Å². The normalized spacial score (nSPS) is 14.1. The lowest BCUT2D eigenvalue weighted by molar-refractivity contribution is -0.118. The minimum atomic E-state index is -3.69. The summed E-state index contributed by atoms with van der Waals surface area (Å²) in [6, 6.07) is 11.1. The number of ether oxygens (including phenoxy) is 1. The number of primary amides is 1. The summed E-state index contributed by atoms with van der Waals surface area (Å²) in [4.78, 5) is 26.4. The first-order valence-corrected chi connectivity index (χ1v) is 12.9. The molecule has 0 spiro atoms. The van der Waals surface area contributed by atoms with Crippen LogP contribution in [0.3, 0.4) is 0 Å². The predicted octanol–water partition coefficient (Wildman–Crippen LogP) is 2.82. The third kappa shape index (κ3) is 6.06. The summed E-state index contributed by atoms with van der Waals surface area (Å²) in [7, 11) is -3.69. The Morgan fingerprint density at radius 1 is 1.06 bits per heavy atom. The monoisotopic (exact) mass is 488 g/mol. The van der Waals surface area contributed by atoms with Gasteiger partial charge in [0.2, 0.25) is 15.9 Å². The van der Waals surface area contributed by atoms with Crippen molar-refractivity contribution in [2.45, 2.75) is 38.0 Å². The zero-order valence-corrected chi connectivity index (χ0v) is 20.4. The van der Waals surface area contributed by atoms with Crippen LogP contribution in [-0.2, 0) is 14.8 Å². The fourth-order valence-corrected chi connectivity index (χ4v) is 5.46. The lowest BCUT2D eigenvalue weighted by atomic mass is 10.1. The standard InChI is InChI=1S/C24H32N4O5S/c1-3-28(4-2)34(31,32)20-11-12-22(27-13-6-5-7-14-27)21(16-20)26-23(29)17-33-19-10-8-9-18(15-19)24(25)30/h8-12,15-16H,3-7,13-14,17H2,1-2H3,(H2,25,30)(H,26,29). The summed E-state index contributed by atoms with van der Waals surface area (Å²) >= 11 is 0. The van der Waals surface area contributed by atoms with Crippen molar-refractivity contribution in [3.63, 3.8) is 0 Å². The molecular weight excluding hydrogens is 456 g/mol. The summed E-state index contributed by atoms with van der Waals surface area (Å²) in [5.41, 5.74) is 6.77. The van der Waals surface area contributed by atoms with Crippen LogP contribution in [0.1, 0.15) is 43.5 Å². The fraction of sp³-hybridized carbons (Fsp3) is 0.417. The zero-order valence-electron chi connectivity index (χ0n) is 19.6. The number of anilines is 2. The van der Waals surface area contributed by atoms with Gasteiger partial charge in [-0.2, -0.15) is 4.31 Å². The highest BCUT2D eigenvalue weighted by molar-refractivity contribution is 7.89. The van der Waals surface area contributed by atoms with Crippen LogP contribution in [0.25, 0.3) is 0 Å². The SMILES string of the molecule is CCN(CC)S(=O)(=O)c1ccc(N2CCCCC2)c(NC(=O)COc2cccc(C(N)=O)c2)c1. The second kappa shape index (κ2) is 11.3. The van der Waals surface area contributed by atoms with Crippen molar-refractivity contribution in [3.8, 4) is 5.75 Å². The number of hydrogen-bond acceptors (Lipinski definition) is 6. The molecule has 1 fully saturated rings. The number of hydrogen-bond donors (Lipinski definition) is 2. The highest BCUT2D eigenvalue weighted by Crippen LogP contribution is 2.32. The number of nitrogens with one attached hydrogen (secondary N) is 1. The highest BCUT2D eigenvalue weighted by Gasteiger charge is 2.24. The molecule has 1 aliphatic rings. The van der Waals surface area contributed by atoms with Crippen molar-refractivity contribution in [1.29, 1.82) is 0 Å². The Morgan fingerprint density at radius 3 is 2.41 bits per heavy atom. The van der Waals surface area contributed by atoms with Crippen LogP contribution >= 0.6 is 0 Å². The van der Waals surface area contributed by atoms with E-state index in [4.69, 9.17) is 10.5 Å². The molecular formula is C24H32N4O5S. The van der Waals surface area contributed by atoms with E-state index < -0.39 is 21.8 Å². The molecule has 2 amide bonds. The van der Waals surface area contributed by atoms with Crippen molar-refractivity contribution in [2.75, 3.05) is 43.0 Å². The summed E-state index contributed by atoms with van der Waals surface area (Å²) in [5, 5.41) is 2.82. The molecule has 0 unspecified atom stereocenters. The van der Waals surface area contributed by atoms with E-state index in [1.807, 2.05) is 0 Å². The van der Waals surface area contributed by atoms with Gasteiger partial charge in [0.25, 0.3) is 5.91 Å². The van der Waals surface area contributed by atoms with Crippen LogP contribution in [0.5, 0.6) is 5.75 Å². The van der Waals surface area contributed by atoms with Gasteiger partial charge in [0.15, 0.2) is 6.61 Å². The summed E-state index contributed by atoms with van der Waals surface area (Å²) in [6.45, 7) is 5.64. The van der Waals surface area contributed by atoms with E-state index in [0.29, 0.717) is 24.5 Å². The van der Waals surface area contributed by atoms with E-state index in [9.17, 15) is 18.0 Å². The maximum absolute atomic E-state index is 13.1. The average molecular weight is 489 g/mol. The van der Waals surface area contributed by atoms with E-state index in [-0.39, 0.29) is 17.1 Å². The highest BCUT2D eigenvalue weighted by atomic mass is 32.2. The largest absolute Gasteiger partial charge is 0.484 e. The Hall–Kier alpha value is -3.11. The molecule has 2 aromatic rings. The number of nitrogens with two attached hydrogens (primary N) is 1. The molecule has 0 bridgehead atoms. The molecule has 1 saturated heterocycles. The summed E-state index contributed by atoms with van der Waals surface area (Å²) in [6.07, 6.45) is 3.21. The molecule has 1 aliphatic heterocycles. The Bertz CT molecular complexity index is 1130. The topological polar surface area (TPSA) is 122 Å². The molecule has 10 heteroatoms. The van der Waals surface area contributed by atoms with Gasteiger partial charge in [-0.1, -0.05) is 19.9 Å². The first-order chi connectivity index (χ1) is 16.3. The molecule has 0 saturated carbocycles. The van der Waals surface area contributed by atoms with Gasteiger partial charge in [0.05, 0.1) is 16.3 Å². The van der Waals surface area contributed by atoms with E-state index in [1.54, 1.807) is 44.2 Å². The van der Waals surface area contributed by atoms with Crippen LogP contribution in [0.4, 0.5) is 11.4 Å². The zero-order chi connectivity index (χ0) is 24.7. The number of amides is 2. The Labute approximate surface area is 200 Å². The third-order valence-electron chi connectivity index (χ3n) is 5.77. The molecule has 0 radical (unpaired) electrons. The van der Waals surface area contributed by atoms with E-state index in [2.05, 4.69) is 10.2 Å². The number of sulfonamides is 1. The lowest BCUT2D eigenvalue weighted by Gasteiger charge is -2.31. The molecule has 1 heterocycles. The maximum atomic E-state index is 13.1. The van der Waals surface area contributed by atoms with Gasteiger partial charge in [-0.05, 0) is 55.7 Å². The molecule has 3 N–H and O–H groups in total. The Morgan fingerprint density at radius 2 is 1.76 bits per heavy atom. The Kier molecular flexibility index (Phi) is 8.51. The molecule has 34 heavy (non-hydrogen) atoms. The average Bonchev–Trinajstić information content (AvgIpc) is 2.84. The Balaban J connectivity index is 1.84. The number of nitrogens with zero attached hydrogens (tertiary/aromatic N) is 2. The lowest BCUT2D eigenvalue weighted by Crippen LogP contribution is -2.32. The van der Waals surface area contributed by atoms with Gasteiger partial charge in [0.1, 0.15) is 5.75 Å². The van der Waals surface area contributed by atoms with Crippen LogP contribution in [0, 0.1) is 0 Å². The second-order valence-corrected chi connectivity index (χ2v) is 9.98. The maximum Gasteiger partial charge on any atom is 0.262 e. The molecule has 0 atom stereocenters. The molecule has 0 aliphatic carbocycles. The van der Waals surface area contributed by atoms with E-state index >= 15 is 0 Å². The van der Waals surface area contributed by atoms with Crippen LogP contribution in [0.2, 0.25) is 0 Å². The van der Waals surface area contributed by atoms with Crippen molar-refractivity contribution in [1.82, 2.24) is 4.31 Å². The van der Waals surface area contributed by atoms with Crippen LogP contribution in [-0.4, -0.2) is 57.3 Å². The van der Waals surface area contributed by atoms with Crippen molar-refractivity contribution in [2.24, 2.45) is 5.73 Å². The quantitative estimate of drug-likeness (QED) is 0.530. The molecule has 9 nitrogen and oxygen atoms in total. The minimum absolute atomic E-state index is 0.127. The van der Waals surface area contributed by atoms with Crippen molar-refractivity contribution >= 4 is 33.2 Å². The fourth-order valence-electron chi connectivity index (χ4n) is 3.97. The number of rotatable bonds is 10. The minimum Gasteiger partial charge on any atom is -0.484 e. The van der Waals surface area contributed by atoms with Crippen molar-refractivity contribution in [3.05, 3.63) is 48.0 Å². The first kappa shape index (κ1) is 25.5. The van der Waals surface area contributed by atoms with E-state index in [1.165, 1.54) is 16.4 Å². The van der Waals surface area contributed by atoms with Gasteiger partial charge < -0.3 is 20.7 Å².